The van der Waals surface area contributed by atoms with E-state index in [9.17, 15) is 23.2 Å². The highest BCUT2D eigenvalue weighted by atomic mass is 19.1. The summed E-state index contributed by atoms with van der Waals surface area (Å²) in [7, 11) is 0. The Kier molecular flexibility index (Phi) is 6.84. The third-order valence-electron chi connectivity index (χ3n) is 6.34. The van der Waals surface area contributed by atoms with E-state index in [0.717, 1.165) is 30.0 Å². The van der Waals surface area contributed by atoms with Crippen LogP contribution in [0.3, 0.4) is 0 Å². The van der Waals surface area contributed by atoms with Gasteiger partial charge in [-0.1, -0.05) is 30.7 Å². The molecule has 1 saturated carbocycles. The minimum Gasteiger partial charge on any atom is -0.443 e. The molecule has 0 saturated heterocycles. The summed E-state index contributed by atoms with van der Waals surface area (Å²) in [5.74, 6) is -1.69. The summed E-state index contributed by atoms with van der Waals surface area (Å²) in [6.45, 7) is 6.47. The van der Waals surface area contributed by atoms with Gasteiger partial charge in [0.25, 0.3) is 11.5 Å². The maximum absolute atomic E-state index is 14.8. The van der Waals surface area contributed by atoms with Gasteiger partial charge in [0, 0.05) is 5.39 Å². The Labute approximate surface area is 207 Å². The topological polar surface area (TPSA) is 89.4 Å². The van der Waals surface area contributed by atoms with Crippen LogP contribution >= 0.6 is 0 Å². The monoisotopic (exact) mass is 497 g/mol. The Morgan fingerprint density at radius 1 is 1.11 bits per heavy atom. The van der Waals surface area contributed by atoms with Gasteiger partial charge in [0.05, 0.1) is 22.7 Å². The maximum atomic E-state index is 14.8. The van der Waals surface area contributed by atoms with Gasteiger partial charge in [-0.3, -0.25) is 9.59 Å². The van der Waals surface area contributed by atoms with Crippen molar-refractivity contribution in [2.45, 2.75) is 58.6 Å². The number of rotatable bonds is 5. The van der Waals surface area contributed by atoms with Crippen LogP contribution in [0.1, 0.15) is 67.7 Å². The molecule has 190 valence electrons. The summed E-state index contributed by atoms with van der Waals surface area (Å²) in [5.41, 5.74) is 1.42. The molecule has 9 heteroatoms. The van der Waals surface area contributed by atoms with Crippen LogP contribution in [0.5, 0.6) is 0 Å². The number of aromatic nitrogens is 1. The first-order valence-electron chi connectivity index (χ1n) is 11.9. The number of halogens is 2. The minimum atomic E-state index is -0.929. The van der Waals surface area contributed by atoms with Gasteiger partial charge in [0.1, 0.15) is 17.2 Å². The van der Waals surface area contributed by atoms with Crippen molar-refractivity contribution < 1.29 is 23.1 Å². The average Bonchev–Trinajstić information content (AvgIpc) is 2.73. The lowest BCUT2D eigenvalue weighted by Crippen LogP contribution is -2.41. The molecule has 0 bridgehead atoms. The highest BCUT2D eigenvalue weighted by Gasteiger charge is 2.32. The van der Waals surface area contributed by atoms with Gasteiger partial charge in [-0.25, -0.2) is 23.7 Å². The summed E-state index contributed by atoms with van der Waals surface area (Å²) in [6, 6.07) is 9.60. The van der Waals surface area contributed by atoms with Crippen molar-refractivity contribution in [3.05, 3.63) is 81.3 Å². The molecule has 0 unspecified atom stereocenters. The number of pyridine rings is 1. The first kappa shape index (κ1) is 25.3. The number of benzene rings is 2. The van der Waals surface area contributed by atoms with Crippen LogP contribution in [0.4, 0.5) is 13.6 Å². The van der Waals surface area contributed by atoms with Crippen LogP contribution < -0.4 is 16.3 Å². The van der Waals surface area contributed by atoms with Crippen molar-refractivity contribution in [3.63, 3.8) is 0 Å². The number of carbonyl (C=O) groups excluding carboxylic acids is 2. The minimum absolute atomic E-state index is 0.0286. The fraction of sp³-hybridized carbons (Fsp3) is 0.370. The number of fused-ring (bicyclic) bond motifs is 1. The van der Waals surface area contributed by atoms with Gasteiger partial charge < -0.3 is 10.1 Å². The number of carbonyl (C=O) groups is 2. The molecular weight excluding hydrogens is 468 g/mol. The molecule has 2 aromatic carbocycles. The lowest BCUT2D eigenvalue weighted by molar-refractivity contribution is 0.0610. The van der Waals surface area contributed by atoms with Crippen LogP contribution in [0.25, 0.3) is 10.8 Å². The van der Waals surface area contributed by atoms with Crippen molar-refractivity contribution >= 4 is 22.8 Å². The normalized spacial score (nSPS) is 14.7. The van der Waals surface area contributed by atoms with Crippen molar-refractivity contribution in [3.8, 4) is 0 Å². The highest BCUT2D eigenvalue weighted by molar-refractivity contribution is 6.08. The smallest absolute Gasteiger partial charge is 0.427 e. The van der Waals surface area contributed by atoms with E-state index < -0.39 is 40.8 Å². The van der Waals surface area contributed by atoms with Crippen molar-refractivity contribution in [1.82, 2.24) is 9.99 Å². The Hall–Kier alpha value is -3.75. The summed E-state index contributed by atoms with van der Waals surface area (Å²) >= 11 is 0. The van der Waals surface area contributed by atoms with E-state index in [1.165, 1.54) is 31.2 Å². The van der Waals surface area contributed by atoms with Crippen molar-refractivity contribution in [1.29, 1.82) is 0 Å². The van der Waals surface area contributed by atoms with E-state index in [0.29, 0.717) is 5.56 Å². The first-order valence-corrected chi connectivity index (χ1v) is 11.9. The Bertz CT molecular complexity index is 1390. The molecule has 1 aromatic heterocycles. The van der Waals surface area contributed by atoms with E-state index in [1.807, 2.05) is 0 Å². The maximum Gasteiger partial charge on any atom is 0.427 e. The summed E-state index contributed by atoms with van der Waals surface area (Å²) < 4.78 is 34.9. The lowest BCUT2D eigenvalue weighted by atomic mass is 9.77. The highest BCUT2D eigenvalue weighted by Crippen LogP contribution is 2.38. The molecule has 2 N–H and O–H groups in total. The first-order chi connectivity index (χ1) is 17.0. The largest absolute Gasteiger partial charge is 0.443 e. The van der Waals surface area contributed by atoms with Gasteiger partial charge in [-0.2, -0.15) is 0 Å². The van der Waals surface area contributed by atoms with Gasteiger partial charge in [0.15, 0.2) is 0 Å². The average molecular weight is 498 g/mol. The molecule has 0 aliphatic heterocycles. The number of nitrogens with zero attached hydrogens (tertiary/aromatic N) is 1. The molecule has 7 nitrogen and oxygen atoms in total. The zero-order valence-electron chi connectivity index (χ0n) is 20.7. The fourth-order valence-corrected chi connectivity index (χ4v) is 4.49. The zero-order chi connectivity index (χ0) is 26.2. The predicted octanol–water partition coefficient (Wildman–Crippen LogP) is 5.34. The standard InChI is InChI=1S/C27H29F2N3O4/c1-15-21(24(33)30-23(16-8-5-9-16)17-10-6-11-18(28)14-17)19-12-7-13-20(29)22(19)25(34)32(15)31-26(35)36-27(2,3)4/h6-7,10-14,16,23H,5,8-9H2,1-4H3,(H,30,33)(H,31,35)/t23-/m0/s1. The second-order valence-corrected chi connectivity index (χ2v) is 10.1. The third kappa shape index (κ3) is 5.10. The van der Waals surface area contributed by atoms with E-state index in [4.69, 9.17) is 4.74 Å². The van der Waals surface area contributed by atoms with Crippen molar-refractivity contribution in [2.24, 2.45) is 5.92 Å². The lowest BCUT2D eigenvalue weighted by Gasteiger charge is -2.35. The Morgan fingerprint density at radius 3 is 2.42 bits per heavy atom. The molecule has 4 rings (SSSR count). The van der Waals surface area contributed by atoms with E-state index in [-0.39, 0.29) is 27.9 Å². The van der Waals surface area contributed by atoms with Gasteiger partial charge in [-0.15, -0.1) is 0 Å². The van der Waals surface area contributed by atoms with Crippen molar-refractivity contribution in [2.75, 3.05) is 5.43 Å². The molecule has 3 aromatic rings. The number of ether oxygens (including phenoxy) is 1. The molecular formula is C27H29F2N3O4. The van der Waals surface area contributed by atoms with E-state index in [2.05, 4.69) is 10.7 Å². The fourth-order valence-electron chi connectivity index (χ4n) is 4.49. The molecule has 36 heavy (non-hydrogen) atoms. The number of nitrogens with one attached hydrogen (secondary N) is 2. The zero-order valence-corrected chi connectivity index (χ0v) is 20.7. The third-order valence-corrected chi connectivity index (χ3v) is 6.34. The molecule has 1 fully saturated rings. The molecule has 1 aliphatic carbocycles. The van der Waals surface area contributed by atoms with Crippen LogP contribution in [-0.4, -0.2) is 22.3 Å². The van der Waals surface area contributed by atoms with Gasteiger partial charge in [-0.05, 0) is 70.2 Å². The number of hydrogen-bond acceptors (Lipinski definition) is 4. The predicted molar refractivity (Wildman–Crippen MR) is 132 cm³/mol. The SMILES string of the molecule is Cc1c(C(=O)N[C@H](c2cccc(F)c2)C2CCC2)c2cccc(F)c2c(=O)n1NC(=O)OC(C)(C)C. The molecule has 0 spiro atoms. The van der Waals surface area contributed by atoms with Gasteiger partial charge >= 0.3 is 6.09 Å². The Morgan fingerprint density at radius 2 is 1.81 bits per heavy atom. The second kappa shape index (κ2) is 9.72. The molecule has 0 radical (unpaired) electrons. The number of hydrogen-bond donors (Lipinski definition) is 2. The quantitative estimate of drug-likeness (QED) is 0.498. The molecule has 1 aliphatic rings. The summed E-state index contributed by atoms with van der Waals surface area (Å²) in [4.78, 5) is 39.3. The van der Waals surface area contributed by atoms with Crippen LogP contribution in [0.2, 0.25) is 0 Å². The van der Waals surface area contributed by atoms with Crippen LogP contribution in [0.15, 0.2) is 47.3 Å². The van der Waals surface area contributed by atoms with Crippen LogP contribution in [-0.2, 0) is 4.74 Å². The molecule has 2 amide bonds. The molecule has 1 heterocycles. The second-order valence-electron chi connectivity index (χ2n) is 10.1. The summed E-state index contributed by atoms with van der Waals surface area (Å²) in [5, 5.41) is 2.76. The van der Waals surface area contributed by atoms with Crippen LogP contribution in [0, 0.1) is 24.5 Å². The summed E-state index contributed by atoms with van der Waals surface area (Å²) in [6.07, 6.45) is 1.82. The van der Waals surface area contributed by atoms with Gasteiger partial charge in [0.2, 0.25) is 0 Å². The Balaban J connectivity index is 1.80. The molecule has 1 atom stereocenters. The number of amides is 2. The van der Waals surface area contributed by atoms with E-state index >= 15 is 0 Å². The van der Waals surface area contributed by atoms with E-state index in [1.54, 1.807) is 32.9 Å².